The van der Waals surface area contributed by atoms with Crippen LogP contribution in [0.15, 0.2) is 9.72 Å². The minimum atomic E-state index is -1.05. The molecule has 7 heteroatoms. The van der Waals surface area contributed by atoms with Crippen molar-refractivity contribution in [1.29, 1.82) is 0 Å². The maximum Gasteiger partial charge on any atom is 0.355 e. The first-order valence-electron chi connectivity index (χ1n) is 5.75. The molecule has 0 bridgehead atoms. The smallest absolute Gasteiger partial charge is 0.355 e. The van der Waals surface area contributed by atoms with Crippen LogP contribution in [-0.2, 0) is 4.74 Å². The molecule has 0 aliphatic heterocycles. The van der Waals surface area contributed by atoms with Crippen molar-refractivity contribution in [2.24, 2.45) is 0 Å². The number of aromatic nitrogens is 1. The van der Waals surface area contributed by atoms with Crippen molar-refractivity contribution in [1.82, 2.24) is 4.98 Å². The lowest BCUT2D eigenvalue weighted by molar-refractivity contribution is -0.177. The first-order valence-corrected chi connectivity index (χ1v) is 7.44. The highest BCUT2D eigenvalue weighted by Gasteiger charge is 2.34. The average Bonchev–Trinajstić information content (AvgIpc) is 2.62. The molecule has 0 aromatic carbocycles. The van der Waals surface area contributed by atoms with Gasteiger partial charge in [0.2, 0.25) is 0 Å². The number of thiazole rings is 1. The van der Waals surface area contributed by atoms with Crippen molar-refractivity contribution >= 4 is 29.1 Å². The van der Waals surface area contributed by atoms with Gasteiger partial charge in [0.05, 0.1) is 10.3 Å². The zero-order valence-corrected chi connectivity index (χ0v) is 13.3. The molecule has 19 heavy (non-hydrogen) atoms. The van der Waals surface area contributed by atoms with Crippen molar-refractivity contribution in [3.63, 3.8) is 0 Å². The largest absolute Gasteiger partial charge is 0.476 e. The lowest BCUT2D eigenvalue weighted by atomic mass is 10.1. The monoisotopic (exact) mass is 305 g/mol. The number of carbonyl (C=O) groups is 1. The van der Waals surface area contributed by atoms with Crippen molar-refractivity contribution in [3.8, 4) is 0 Å². The quantitative estimate of drug-likeness (QED) is 0.643. The van der Waals surface area contributed by atoms with Gasteiger partial charge in [0, 0.05) is 5.38 Å². The predicted molar refractivity (Wildman–Crippen MR) is 75.9 cm³/mol. The van der Waals surface area contributed by atoms with Crippen molar-refractivity contribution < 1.29 is 19.7 Å². The second-order valence-electron chi connectivity index (χ2n) is 5.59. The topological polar surface area (TPSA) is 79.7 Å². The van der Waals surface area contributed by atoms with E-state index in [9.17, 15) is 9.90 Å². The van der Waals surface area contributed by atoms with Crippen molar-refractivity contribution in [3.05, 3.63) is 11.1 Å². The van der Waals surface area contributed by atoms with Gasteiger partial charge in [-0.1, -0.05) is 11.8 Å². The van der Waals surface area contributed by atoms with E-state index in [2.05, 4.69) is 4.98 Å². The molecule has 5 nitrogen and oxygen atoms in total. The molecule has 1 unspecified atom stereocenters. The fourth-order valence-electron chi connectivity index (χ4n) is 1.15. The third-order valence-corrected chi connectivity index (χ3v) is 4.28. The Morgan fingerprint density at radius 3 is 2.42 bits per heavy atom. The maximum atomic E-state index is 10.8. The van der Waals surface area contributed by atoms with Crippen LogP contribution < -0.4 is 0 Å². The van der Waals surface area contributed by atoms with E-state index in [1.54, 1.807) is 0 Å². The van der Waals surface area contributed by atoms with Crippen LogP contribution in [0.4, 0.5) is 0 Å². The van der Waals surface area contributed by atoms with Crippen LogP contribution in [0.1, 0.15) is 45.1 Å². The molecule has 0 spiro atoms. The lowest BCUT2D eigenvalue weighted by Crippen LogP contribution is -2.40. The van der Waals surface area contributed by atoms with Gasteiger partial charge in [0.15, 0.2) is 16.3 Å². The van der Waals surface area contributed by atoms with E-state index in [0.717, 1.165) is 0 Å². The Hall–Kier alpha value is -0.630. The molecule has 0 saturated carbocycles. The number of aliphatic hydroxyl groups is 1. The number of aliphatic hydroxyl groups excluding tert-OH is 1. The Morgan fingerprint density at radius 2 is 2.00 bits per heavy atom. The third kappa shape index (κ3) is 5.10. The molecule has 1 aromatic heterocycles. The van der Waals surface area contributed by atoms with Crippen LogP contribution in [0.5, 0.6) is 0 Å². The van der Waals surface area contributed by atoms with Crippen LogP contribution >= 0.6 is 23.1 Å². The Kier molecular flexibility index (Phi) is 5.00. The molecular weight excluding hydrogens is 286 g/mol. The first kappa shape index (κ1) is 16.4. The molecule has 0 radical (unpaired) electrons. The lowest BCUT2D eigenvalue weighted by Gasteiger charge is -2.33. The van der Waals surface area contributed by atoms with Gasteiger partial charge >= 0.3 is 5.97 Å². The molecule has 0 aliphatic rings. The SMILES string of the molecule is CC(C)(C)OC(O)C(C)(C)Sc1nc(C(=O)O)cs1. The standard InChI is InChI=1S/C12H19NO4S2/c1-11(2,3)17-9(16)12(4,5)19-10-13-7(6-18-10)8(14)15/h6,9,16H,1-5H3,(H,14,15). The summed E-state index contributed by atoms with van der Waals surface area (Å²) in [6, 6.07) is 0. The van der Waals surface area contributed by atoms with E-state index < -0.39 is 22.6 Å². The normalized spacial score (nSPS) is 14.4. The summed E-state index contributed by atoms with van der Waals surface area (Å²) in [7, 11) is 0. The molecule has 0 saturated heterocycles. The van der Waals surface area contributed by atoms with E-state index >= 15 is 0 Å². The molecule has 2 N–H and O–H groups in total. The van der Waals surface area contributed by atoms with Gasteiger partial charge in [-0.3, -0.25) is 0 Å². The fraction of sp³-hybridized carbons (Fsp3) is 0.667. The molecule has 0 amide bonds. The van der Waals surface area contributed by atoms with Crippen LogP contribution in [0.25, 0.3) is 0 Å². The molecule has 0 aliphatic carbocycles. The molecule has 1 atom stereocenters. The summed E-state index contributed by atoms with van der Waals surface area (Å²) >= 11 is 2.55. The number of thioether (sulfide) groups is 1. The minimum Gasteiger partial charge on any atom is -0.476 e. The van der Waals surface area contributed by atoms with Crippen LogP contribution in [-0.4, -0.2) is 37.8 Å². The maximum absolute atomic E-state index is 10.8. The highest BCUT2D eigenvalue weighted by molar-refractivity contribution is 8.02. The Morgan fingerprint density at radius 1 is 1.42 bits per heavy atom. The second kappa shape index (κ2) is 5.78. The summed E-state index contributed by atoms with van der Waals surface area (Å²) < 4.78 is 5.50. The Bertz CT molecular complexity index is 451. The van der Waals surface area contributed by atoms with Crippen molar-refractivity contribution in [2.75, 3.05) is 0 Å². The summed E-state index contributed by atoms with van der Waals surface area (Å²) in [6.45, 7) is 9.25. The second-order valence-corrected chi connectivity index (χ2v) is 8.35. The zero-order valence-electron chi connectivity index (χ0n) is 11.6. The van der Waals surface area contributed by atoms with Gasteiger partial charge in [-0.2, -0.15) is 0 Å². The number of aromatic carboxylic acids is 1. The Labute approximate surface area is 121 Å². The highest BCUT2D eigenvalue weighted by atomic mass is 32.2. The van der Waals surface area contributed by atoms with Gasteiger partial charge in [-0.05, 0) is 34.6 Å². The van der Waals surface area contributed by atoms with Gasteiger partial charge in [-0.25, -0.2) is 9.78 Å². The summed E-state index contributed by atoms with van der Waals surface area (Å²) in [5, 5.41) is 20.4. The zero-order chi connectivity index (χ0) is 14.8. The first-order chi connectivity index (χ1) is 8.51. The number of nitrogens with zero attached hydrogens (tertiary/aromatic N) is 1. The summed E-state index contributed by atoms with van der Waals surface area (Å²) in [4.78, 5) is 14.8. The molecule has 1 aromatic rings. The predicted octanol–water partition coefficient (Wildman–Crippen LogP) is 2.85. The van der Waals surface area contributed by atoms with E-state index in [0.29, 0.717) is 4.34 Å². The van der Waals surface area contributed by atoms with Crippen LogP contribution in [0, 0.1) is 0 Å². The molecule has 108 valence electrons. The number of carboxylic acids is 1. The summed E-state index contributed by atoms with van der Waals surface area (Å²) in [6.07, 6.45) is -0.977. The van der Waals surface area contributed by atoms with Gasteiger partial charge in [0.1, 0.15) is 0 Å². The van der Waals surface area contributed by atoms with Crippen molar-refractivity contribution in [2.45, 2.75) is 55.6 Å². The molecule has 1 rings (SSSR count). The summed E-state index contributed by atoms with van der Waals surface area (Å²) in [5.74, 6) is -1.05. The number of rotatable bonds is 5. The van der Waals surface area contributed by atoms with E-state index in [1.165, 1.54) is 28.5 Å². The number of carboxylic acid groups (broad SMARTS) is 1. The highest BCUT2D eigenvalue weighted by Crippen LogP contribution is 2.38. The molecule has 0 fully saturated rings. The summed E-state index contributed by atoms with van der Waals surface area (Å²) in [5.41, 5.74) is -0.429. The number of hydrogen-bond donors (Lipinski definition) is 2. The number of hydrogen-bond acceptors (Lipinski definition) is 6. The average molecular weight is 305 g/mol. The van der Waals surface area contributed by atoms with E-state index in [-0.39, 0.29) is 5.69 Å². The fourth-order valence-corrected chi connectivity index (χ4v) is 3.40. The van der Waals surface area contributed by atoms with Crippen LogP contribution in [0.3, 0.4) is 0 Å². The number of ether oxygens (including phenoxy) is 1. The van der Waals surface area contributed by atoms with Gasteiger partial charge < -0.3 is 14.9 Å². The molecular formula is C12H19NO4S2. The van der Waals surface area contributed by atoms with E-state index in [4.69, 9.17) is 9.84 Å². The Balaban J connectivity index is 2.74. The van der Waals surface area contributed by atoms with Gasteiger partial charge in [0.25, 0.3) is 0 Å². The van der Waals surface area contributed by atoms with Crippen LogP contribution in [0.2, 0.25) is 0 Å². The minimum absolute atomic E-state index is 0.0227. The molecule has 1 heterocycles. The van der Waals surface area contributed by atoms with Gasteiger partial charge in [-0.15, -0.1) is 11.3 Å². The van der Waals surface area contributed by atoms with E-state index in [1.807, 2.05) is 34.6 Å². The third-order valence-electron chi connectivity index (χ3n) is 2.11.